The van der Waals surface area contributed by atoms with Crippen molar-refractivity contribution in [1.82, 2.24) is 10.9 Å². The van der Waals surface area contributed by atoms with E-state index in [9.17, 15) is 9.59 Å². The van der Waals surface area contributed by atoms with E-state index in [-0.39, 0.29) is 11.3 Å². The lowest BCUT2D eigenvalue weighted by molar-refractivity contribution is -0.133. The molecule has 1 saturated carbocycles. The van der Waals surface area contributed by atoms with Gasteiger partial charge in [-0.2, -0.15) is 0 Å². The molecule has 2 N–H and O–H groups in total. The van der Waals surface area contributed by atoms with E-state index in [0.29, 0.717) is 6.41 Å². The molecule has 0 aromatic heterocycles. The highest BCUT2D eigenvalue weighted by Crippen LogP contribution is 2.40. The first-order valence-corrected chi connectivity index (χ1v) is 4.75. The number of carbonyl (C=O) groups is 2. The summed E-state index contributed by atoms with van der Waals surface area (Å²) in [6.07, 6.45) is 5.44. The molecule has 0 spiro atoms. The van der Waals surface area contributed by atoms with Crippen LogP contribution in [-0.2, 0) is 9.59 Å². The van der Waals surface area contributed by atoms with Gasteiger partial charge in [-0.05, 0) is 19.3 Å². The van der Waals surface area contributed by atoms with Crippen molar-refractivity contribution < 1.29 is 9.59 Å². The minimum atomic E-state index is -0.226. The number of hydrazine groups is 1. The second-order valence-corrected chi connectivity index (χ2v) is 3.56. The minimum absolute atomic E-state index is 0.0420. The quantitative estimate of drug-likeness (QED) is 0.500. The third kappa shape index (κ3) is 1.99. The summed E-state index contributed by atoms with van der Waals surface area (Å²) < 4.78 is 0. The number of rotatable bonds is 4. The van der Waals surface area contributed by atoms with Gasteiger partial charge in [-0.3, -0.25) is 20.4 Å². The van der Waals surface area contributed by atoms with Crippen LogP contribution in [0, 0.1) is 5.41 Å². The van der Waals surface area contributed by atoms with Crippen molar-refractivity contribution in [2.75, 3.05) is 0 Å². The Bertz CT molecular complexity index is 198. The minimum Gasteiger partial charge on any atom is -0.277 e. The highest BCUT2D eigenvalue weighted by atomic mass is 16.2. The first kappa shape index (κ1) is 10.0. The number of hydrogen-bond acceptors (Lipinski definition) is 2. The summed E-state index contributed by atoms with van der Waals surface area (Å²) in [6.45, 7) is 2.02. The highest BCUT2D eigenvalue weighted by molar-refractivity contribution is 5.83. The second kappa shape index (κ2) is 4.25. The number of carbonyl (C=O) groups excluding carboxylic acids is 2. The number of nitrogens with one attached hydrogen (secondary N) is 2. The molecule has 4 nitrogen and oxygen atoms in total. The maximum Gasteiger partial charge on any atom is 0.244 e. The van der Waals surface area contributed by atoms with Crippen LogP contribution in [0.25, 0.3) is 0 Å². The average molecular weight is 184 g/mol. The molecule has 1 aliphatic carbocycles. The zero-order valence-electron chi connectivity index (χ0n) is 7.93. The lowest BCUT2D eigenvalue weighted by Crippen LogP contribution is -2.45. The van der Waals surface area contributed by atoms with Crippen molar-refractivity contribution in [2.45, 2.75) is 39.0 Å². The molecule has 0 heterocycles. The van der Waals surface area contributed by atoms with Crippen molar-refractivity contribution in [3.63, 3.8) is 0 Å². The van der Waals surface area contributed by atoms with Crippen molar-refractivity contribution >= 4 is 12.3 Å². The molecule has 0 radical (unpaired) electrons. The van der Waals surface area contributed by atoms with Gasteiger partial charge in [-0.15, -0.1) is 0 Å². The van der Waals surface area contributed by atoms with Gasteiger partial charge in [0, 0.05) is 0 Å². The van der Waals surface area contributed by atoms with Crippen LogP contribution in [0.2, 0.25) is 0 Å². The van der Waals surface area contributed by atoms with Crippen LogP contribution in [0.15, 0.2) is 0 Å². The molecular formula is C9H16N2O2. The molecule has 1 aliphatic rings. The molecule has 4 heteroatoms. The summed E-state index contributed by atoms with van der Waals surface area (Å²) in [5, 5.41) is 0. The van der Waals surface area contributed by atoms with Crippen LogP contribution in [0.3, 0.4) is 0 Å². The van der Waals surface area contributed by atoms with Gasteiger partial charge in [0.1, 0.15) is 0 Å². The van der Waals surface area contributed by atoms with E-state index >= 15 is 0 Å². The maximum absolute atomic E-state index is 11.6. The Labute approximate surface area is 78.0 Å². The first-order valence-electron chi connectivity index (χ1n) is 4.75. The molecule has 0 aliphatic heterocycles. The Morgan fingerprint density at radius 3 is 2.54 bits per heavy atom. The Morgan fingerprint density at radius 1 is 1.46 bits per heavy atom. The van der Waals surface area contributed by atoms with Crippen LogP contribution in [0.4, 0.5) is 0 Å². The summed E-state index contributed by atoms with van der Waals surface area (Å²) in [7, 11) is 0. The fourth-order valence-corrected chi connectivity index (χ4v) is 2.02. The van der Waals surface area contributed by atoms with Crippen LogP contribution in [0.1, 0.15) is 39.0 Å². The lowest BCUT2D eigenvalue weighted by atomic mass is 9.83. The van der Waals surface area contributed by atoms with Gasteiger partial charge in [0.2, 0.25) is 12.3 Å². The molecule has 74 valence electrons. The predicted molar refractivity (Wildman–Crippen MR) is 48.5 cm³/mol. The predicted octanol–water partition coefficient (Wildman–Crippen LogP) is 0.734. The standard InChI is InChI=1S/C9H16N2O2/c1-2-9(5-3-4-6-9)8(13)11-10-7-12/h7H,2-6H2,1H3,(H,10,12)(H,11,13). The van der Waals surface area contributed by atoms with Crippen molar-refractivity contribution in [3.05, 3.63) is 0 Å². The molecule has 0 atom stereocenters. The first-order chi connectivity index (χ1) is 6.25. The van der Waals surface area contributed by atoms with Crippen molar-refractivity contribution in [2.24, 2.45) is 5.41 Å². The largest absolute Gasteiger partial charge is 0.277 e. The van der Waals surface area contributed by atoms with Gasteiger partial charge < -0.3 is 0 Å². The third-order valence-electron chi connectivity index (χ3n) is 2.96. The highest BCUT2D eigenvalue weighted by Gasteiger charge is 2.39. The van der Waals surface area contributed by atoms with Gasteiger partial charge in [-0.25, -0.2) is 0 Å². The second-order valence-electron chi connectivity index (χ2n) is 3.56. The third-order valence-corrected chi connectivity index (χ3v) is 2.96. The summed E-state index contributed by atoms with van der Waals surface area (Å²) >= 11 is 0. The monoisotopic (exact) mass is 184 g/mol. The Morgan fingerprint density at radius 2 is 2.08 bits per heavy atom. The molecule has 0 unspecified atom stereocenters. The molecule has 1 fully saturated rings. The summed E-state index contributed by atoms with van der Waals surface area (Å²) in [4.78, 5) is 21.6. The van der Waals surface area contributed by atoms with E-state index in [1.807, 2.05) is 6.92 Å². The van der Waals surface area contributed by atoms with E-state index in [1.165, 1.54) is 0 Å². The van der Waals surface area contributed by atoms with E-state index in [0.717, 1.165) is 32.1 Å². The number of hydrogen-bond donors (Lipinski definition) is 2. The molecule has 0 bridgehead atoms. The van der Waals surface area contributed by atoms with Crippen LogP contribution in [0.5, 0.6) is 0 Å². The van der Waals surface area contributed by atoms with Gasteiger partial charge in [0.25, 0.3) is 0 Å². The van der Waals surface area contributed by atoms with E-state index in [4.69, 9.17) is 0 Å². The summed E-state index contributed by atoms with van der Waals surface area (Å²) in [6, 6.07) is 0. The van der Waals surface area contributed by atoms with Crippen LogP contribution >= 0.6 is 0 Å². The zero-order valence-corrected chi connectivity index (χ0v) is 7.93. The SMILES string of the molecule is CCC1(C(=O)NNC=O)CCCC1. The lowest BCUT2D eigenvalue weighted by Gasteiger charge is -2.25. The van der Waals surface area contributed by atoms with E-state index < -0.39 is 0 Å². The zero-order chi connectivity index (χ0) is 9.73. The molecule has 0 aromatic carbocycles. The fourth-order valence-electron chi connectivity index (χ4n) is 2.02. The van der Waals surface area contributed by atoms with Gasteiger partial charge in [-0.1, -0.05) is 19.8 Å². The molecule has 0 saturated heterocycles. The smallest absolute Gasteiger partial charge is 0.244 e. The summed E-state index contributed by atoms with van der Waals surface area (Å²) in [5.74, 6) is -0.0420. The van der Waals surface area contributed by atoms with Crippen molar-refractivity contribution in [3.8, 4) is 0 Å². The Hall–Kier alpha value is -1.06. The van der Waals surface area contributed by atoms with Crippen molar-refractivity contribution in [1.29, 1.82) is 0 Å². The Balaban J connectivity index is 2.54. The molecule has 2 amide bonds. The fraction of sp³-hybridized carbons (Fsp3) is 0.778. The molecule has 1 rings (SSSR count). The topological polar surface area (TPSA) is 58.2 Å². The maximum atomic E-state index is 11.6. The Kier molecular flexibility index (Phi) is 3.28. The van der Waals surface area contributed by atoms with Crippen LogP contribution in [-0.4, -0.2) is 12.3 Å². The normalized spacial score (nSPS) is 19.5. The van der Waals surface area contributed by atoms with E-state index in [1.54, 1.807) is 0 Å². The average Bonchev–Trinajstić information content (AvgIpc) is 2.63. The van der Waals surface area contributed by atoms with Gasteiger partial charge >= 0.3 is 0 Å². The van der Waals surface area contributed by atoms with E-state index in [2.05, 4.69) is 10.9 Å². The molecular weight excluding hydrogens is 168 g/mol. The molecule has 0 aromatic rings. The van der Waals surface area contributed by atoms with Gasteiger partial charge in [0.15, 0.2) is 0 Å². The number of amides is 2. The van der Waals surface area contributed by atoms with Crippen LogP contribution < -0.4 is 10.9 Å². The van der Waals surface area contributed by atoms with Gasteiger partial charge in [0.05, 0.1) is 5.41 Å². The summed E-state index contributed by atoms with van der Waals surface area (Å²) in [5.41, 5.74) is 4.39. The molecule has 13 heavy (non-hydrogen) atoms.